The zero-order valence-electron chi connectivity index (χ0n) is 11.6. The van der Waals surface area contributed by atoms with E-state index < -0.39 is 5.97 Å². The van der Waals surface area contributed by atoms with E-state index in [2.05, 4.69) is 18.7 Å². The summed E-state index contributed by atoms with van der Waals surface area (Å²) in [5.74, 6) is -0.410. The van der Waals surface area contributed by atoms with Crippen molar-refractivity contribution in [2.24, 2.45) is 0 Å². The summed E-state index contributed by atoms with van der Waals surface area (Å²) in [7, 11) is 0. The highest BCUT2D eigenvalue weighted by Gasteiger charge is 2.12. The molecule has 116 valence electrons. The van der Waals surface area contributed by atoms with Crippen molar-refractivity contribution < 1.29 is 9.53 Å². The molecule has 0 heterocycles. The highest BCUT2D eigenvalue weighted by molar-refractivity contribution is 6.33. The largest absolute Gasteiger partial charge is 0.461 e. The van der Waals surface area contributed by atoms with Crippen LogP contribution in [-0.2, 0) is 4.74 Å². The number of likely N-dealkylation sites (N-methyl/N-ethyl adjacent to an activating group) is 1. The number of halogens is 3. The minimum Gasteiger partial charge on any atom is -0.461 e. The average Bonchev–Trinajstić information content (AvgIpc) is 2.34. The molecule has 4 nitrogen and oxygen atoms in total. The molecule has 2 N–H and O–H groups in total. The standard InChI is InChI=1S/C13H19ClN2O2.2ClH/c1-3-16(4-2)7-8-18-13(17)11-6-5-10(15)9-12(11)14;;/h5-6,9H,3-4,7-8,15H2,1-2H3;2*1H. The number of benzene rings is 1. The molecule has 1 rings (SSSR count). The van der Waals surface area contributed by atoms with Gasteiger partial charge in [-0.2, -0.15) is 0 Å². The van der Waals surface area contributed by atoms with E-state index >= 15 is 0 Å². The molecule has 0 aliphatic carbocycles. The summed E-state index contributed by atoms with van der Waals surface area (Å²) in [4.78, 5) is 13.9. The van der Waals surface area contributed by atoms with Gasteiger partial charge in [0.1, 0.15) is 6.61 Å². The van der Waals surface area contributed by atoms with Crippen molar-refractivity contribution in [2.75, 3.05) is 32.0 Å². The fourth-order valence-corrected chi connectivity index (χ4v) is 1.85. The monoisotopic (exact) mass is 342 g/mol. The topological polar surface area (TPSA) is 55.6 Å². The SMILES string of the molecule is CCN(CC)CCOC(=O)c1ccc(N)cc1Cl.Cl.Cl. The van der Waals surface area contributed by atoms with Gasteiger partial charge in [-0.15, -0.1) is 24.8 Å². The molecule has 0 aliphatic rings. The molecule has 0 amide bonds. The third kappa shape index (κ3) is 6.66. The van der Waals surface area contributed by atoms with Crippen LogP contribution in [0.2, 0.25) is 5.02 Å². The zero-order valence-corrected chi connectivity index (χ0v) is 14.0. The van der Waals surface area contributed by atoms with Crippen molar-refractivity contribution in [1.82, 2.24) is 4.90 Å². The van der Waals surface area contributed by atoms with Crippen molar-refractivity contribution in [1.29, 1.82) is 0 Å². The number of nitrogens with two attached hydrogens (primary N) is 1. The van der Waals surface area contributed by atoms with E-state index in [4.69, 9.17) is 22.1 Å². The van der Waals surface area contributed by atoms with Crippen molar-refractivity contribution >= 4 is 48.1 Å². The predicted octanol–water partition coefficient (Wildman–Crippen LogP) is 3.26. The fourth-order valence-electron chi connectivity index (χ4n) is 1.58. The Bertz CT molecular complexity index is 413. The smallest absolute Gasteiger partial charge is 0.339 e. The molecule has 0 fully saturated rings. The second-order valence-electron chi connectivity index (χ2n) is 3.90. The van der Waals surface area contributed by atoms with E-state index in [1.807, 2.05) is 0 Å². The zero-order chi connectivity index (χ0) is 13.5. The number of ether oxygens (including phenoxy) is 1. The maximum Gasteiger partial charge on any atom is 0.339 e. The molecular weight excluding hydrogens is 323 g/mol. The van der Waals surface area contributed by atoms with Gasteiger partial charge in [0.2, 0.25) is 0 Å². The first-order valence-electron chi connectivity index (χ1n) is 6.03. The first-order chi connectivity index (χ1) is 8.58. The maximum atomic E-state index is 11.8. The lowest BCUT2D eigenvalue weighted by Crippen LogP contribution is -2.27. The molecule has 0 radical (unpaired) electrons. The van der Waals surface area contributed by atoms with Gasteiger partial charge in [-0.1, -0.05) is 25.4 Å². The molecule has 1 aromatic carbocycles. The van der Waals surface area contributed by atoms with Crippen LogP contribution in [-0.4, -0.2) is 37.1 Å². The maximum absolute atomic E-state index is 11.8. The summed E-state index contributed by atoms with van der Waals surface area (Å²) in [5, 5.41) is 0.322. The van der Waals surface area contributed by atoms with Crippen LogP contribution in [0.3, 0.4) is 0 Å². The minimum absolute atomic E-state index is 0. The van der Waals surface area contributed by atoms with Crippen molar-refractivity contribution in [3.8, 4) is 0 Å². The Balaban J connectivity index is 0. The van der Waals surface area contributed by atoms with E-state index in [1.54, 1.807) is 18.2 Å². The Morgan fingerprint density at radius 3 is 2.40 bits per heavy atom. The number of carbonyl (C=O) groups excluding carboxylic acids is 1. The Morgan fingerprint density at radius 1 is 1.30 bits per heavy atom. The second kappa shape index (κ2) is 11.0. The van der Waals surface area contributed by atoms with Gasteiger partial charge in [0.25, 0.3) is 0 Å². The summed E-state index contributed by atoms with van der Waals surface area (Å²) < 4.78 is 5.18. The number of nitrogen functional groups attached to an aromatic ring is 1. The minimum atomic E-state index is -0.410. The summed E-state index contributed by atoms with van der Waals surface area (Å²) in [5.41, 5.74) is 6.44. The van der Waals surface area contributed by atoms with Crippen molar-refractivity contribution in [3.05, 3.63) is 28.8 Å². The Labute approximate surface area is 137 Å². The molecule has 0 bridgehead atoms. The summed E-state index contributed by atoms with van der Waals surface area (Å²) in [6, 6.07) is 4.76. The van der Waals surface area contributed by atoms with Crippen molar-refractivity contribution in [2.45, 2.75) is 13.8 Å². The molecular formula is C13H21Cl3N2O2. The molecule has 0 spiro atoms. The molecule has 0 aromatic heterocycles. The van der Waals surface area contributed by atoms with Gasteiger partial charge in [-0.05, 0) is 31.3 Å². The van der Waals surface area contributed by atoms with Crippen LogP contribution in [0.15, 0.2) is 18.2 Å². The number of esters is 1. The summed E-state index contributed by atoms with van der Waals surface area (Å²) >= 11 is 5.93. The number of hydrogen-bond donors (Lipinski definition) is 1. The van der Waals surface area contributed by atoms with Gasteiger partial charge in [0.15, 0.2) is 0 Å². The molecule has 0 aliphatic heterocycles. The number of anilines is 1. The third-order valence-electron chi connectivity index (χ3n) is 2.75. The lowest BCUT2D eigenvalue weighted by molar-refractivity contribution is 0.0466. The van der Waals surface area contributed by atoms with Crippen LogP contribution < -0.4 is 5.73 Å². The lowest BCUT2D eigenvalue weighted by atomic mass is 10.2. The molecule has 0 atom stereocenters. The lowest BCUT2D eigenvalue weighted by Gasteiger charge is -2.17. The Morgan fingerprint density at radius 2 is 1.90 bits per heavy atom. The number of carbonyl (C=O) groups is 1. The van der Waals surface area contributed by atoms with Gasteiger partial charge in [0.05, 0.1) is 10.6 Å². The molecule has 1 aromatic rings. The van der Waals surface area contributed by atoms with Crippen LogP contribution >= 0.6 is 36.4 Å². The molecule has 0 saturated heterocycles. The molecule has 0 unspecified atom stereocenters. The van der Waals surface area contributed by atoms with Crippen LogP contribution in [0, 0.1) is 0 Å². The Hall–Kier alpha value is -0.680. The molecule has 0 saturated carbocycles. The van der Waals surface area contributed by atoms with Gasteiger partial charge in [0, 0.05) is 12.2 Å². The van der Waals surface area contributed by atoms with Gasteiger partial charge >= 0.3 is 5.97 Å². The summed E-state index contributed by atoms with van der Waals surface area (Å²) in [6.45, 7) is 7.12. The number of hydrogen-bond acceptors (Lipinski definition) is 4. The summed E-state index contributed by atoms with van der Waals surface area (Å²) in [6.07, 6.45) is 0. The average molecular weight is 344 g/mol. The second-order valence-corrected chi connectivity index (χ2v) is 4.31. The van der Waals surface area contributed by atoms with Crippen molar-refractivity contribution in [3.63, 3.8) is 0 Å². The van der Waals surface area contributed by atoms with Gasteiger partial charge in [-0.3, -0.25) is 0 Å². The van der Waals surface area contributed by atoms with E-state index in [0.717, 1.165) is 19.6 Å². The number of rotatable bonds is 6. The van der Waals surface area contributed by atoms with E-state index in [1.165, 1.54) is 0 Å². The predicted molar refractivity (Wildman–Crippen MR) is 88.4 cm³/mol. The first kappa shape index (κ1) is 21.6. The normalized spacial score (nSPS) is 9.60. The van der Waals surface area contributed by atoms with Gasteiger partial charge < -0.3 is 15.4 Å². The van der Waals surface area contributed by atoms with Crippen LogP contribution in [0.1, 0.15) is 24.2 Å². The molecule has 7 heteroatoms. The first-order valence-corrected chi connectivity index (χ1v) is 6.40. The Kier molecular flexibility index (Phi) is 11.9. The van der Waals surface area contributed by atoms with E-state index in [9.17, 15) is 4.79 Å². The van der Waals surface area contributed by atoms with E-state index in [0.29, 0.717) is 22.9 Å². The van der Waals surface area contributed by atoms with E-state index in [-0.39, 0.29) is 24.8 Å². The molecule has 20 heavy (non-hydrogen) atoms. The van der Waals surface area contributed by atoms with Crippen LogP contribution in [0.25, 0.3) is 0 Å². The fraction of sp³-hybridized carbons (Fsp3) is 0.462. The van der Waals surface area contributed by atoms with Crippen LogP contribution in [0.4, 0.5) is 5.69 Å². The quantitative estimate of drug-likeness (QED) is 0.636. The third-order valence-corrected chi connectivity index (χ3v) is 3.06. The van der Waals surface area contributed by atoms with Crippen LogP contribution in [0.5, 0.6) is 0 Å². The van der Waals surface area contributed by atoms with Gasteiger partial charge in [-0.25, -0.2) is 4.79 Å². The highest BCUT2D eigenvalue weighted by atomic mass is 35.5. The highest BCUT2D eigenvalue weighted by Crippen LogP contribution is 2.19. The number of nitrogens with zero attached hydrogens (tertiary/aromatic N) is 1.